The second kappa shape index (κ2) is 6.48. The highest BCUT2D eigenvalue weighted by Gasteiger charge is 2.10. The summed E-state index contributed by atoms with van der Waals surface area (Å²) in [4.78, 5) is 4.14. The van der Waals surface area contributed by atoms with Crippen LogP contribution < -0.4 is 5.32 Å². The van der Waals surface area contributed by atoms with Crippen molar-refractivity contribution >= 4 is 0 Å². The maximum absolute atomic E-state index is 4.63. The van der Waals surface area contributed by atoms with Gasteiger partial charge in [0.2, 0.25) is 0 Å². The summed E-state index contributed by atoms with van der Waals surface area (Å²) in [6.45, 7) is 9.15. The summed E-state index contributed by atoms with van der Waals surface area (Å²) in [5.41, 5.74) is 4.98. The van der Waals surface area contributed by atoms with Gasteiger partial charge in [-0.05, 0) is 38.4 Å². The lowest BCUT2D eigenvalue weighted by Crippen LogP contribution is -2.13. The van der Waals surface area contributed by atoms with Crippen LogP contribution >= 0.6 is 0 Å². The Morgan fingerprint density at radius 3 is 2.84 bits per heavy atom. The number of rotatable bonds is 6. The van der Waals surface area contributed by atoms with E-state index in [2.05, 4.69) is 46.9 Å². The van der Waals surface area contributed by atoms with E-state index in [0.29, 0.717) is 0 Å². The monoisotopic (exact) mass is 258 g/mol. The summed E-state index contributed by atoms with van der Waals surface area (Å²) in [7, 11) is 0. The fraction of sp³-hybridized carbons (Fsp3) is 0.467. The summed E-state index contributed by atoms with van der Waals surface area (Å²) in [6, 6.07) is 4.09. The molecule has 0 bridgehead atoms. The molecule has 0 fully saturated rings. The molecule has 102 valence electrons. The maximum Gasteiger partial charge on any atom is 0.0641 e. The first-order valence-electron chi connectivity index (χ1n) is 6.85. The quantitative estimate of drug-likeness (QED) is 0.864. The second-order valence-electron chi connectivity index (χ2n) is 4.76. The van der Waals surface area contributed by atoms with E-state index < -0.39 is 0 Å². The summed E-state index contributed by atoms with van der Waals surface area (Å²) in [5, 5.41) is 8.00. The molecule has 2 rings (SSSR count). The molecule has 0 aliphatic carbocycles. The minimum atomic E-state index is 0.904. The molecule has 0 unspecified atom stereocenters. The van der Waals surface area contributed by atoms with Crippen molar-refractivity contribution in [3.63, 3.8) is 0 Å². The average Bonchev–Trinajstić information content (AvgIpc) is 2.70. The Morgan fingerprint density at radius 2 is 2.16 bits per heavy atom. The van der Waals surface area contributed by atoms with E-state index in [1.807, 2.05) is 12.3 Å². The van der Waals surface area contributed by atoms with Crippen molar-refractivity contribution in [1.29, 1.82) is 0 Å². The van der Waals surface area contributed by atoms with Crippen molar-refractivity contribution in [2.75, 3.05) is 6.54 Å². The maximum atomic E-state index is 4.63. The number of aromatic nitrogens is 3. The van der Waals surface area contributed by atoms with Crippen LogP contribution in [0.25, 0.3) is 0 Å². The molecule has 0 radical (unpaired) electrons. The van der Waals surface area contributed by atoms with E-state index in [0.717, 1.165) is 31.7 Å². The molecule has 1 N–H and O–H groups in total. The molecular formula is C15H22N4. The largest absolute Gasteiger partial charge is 0.313 e. The zero-order valence-corrected chi connectivity index (χ0v) is 12.0. The van der Waals surface area contributed by atoms with Gasteiger partial charge in [-0.3, -0.25) is 9.67 Å². The molecule has 2 aromatic heterocycles. The normalized spacial score (nSPS) is 10.9. The Kier molecular flexibility index (Phi) is 4.68. The Labute approximate surface area is 114 Å². The minimum Gasteiger partial charge on any atom is -0.313 e. The van der Waals surface area contributed by atoms with Gasteiger partial charge in [-0.15, -0.1) is 0 Å². The van der Waals surface area contributed by atoms with Gasteiger partial charge in [0.05, 0.1) is 5.69 Å². The SMILES string of the molecule is CCNCc1c(C)nn(CCc2cccnc2)c1C. The first kappa shape index (κ1) is 13.7. The van der Waals surface area contributed by atoms with Crippen LogP contribution in [0.15, 0.2) is 24.5 Å². The van der Waals surface area contributed by atoms with Crippen LogP contribution in [-0.2, 0) is 19.5 Å². The number of hydrogen-bond donors (Lipinski definition) is 1. The molecule has 4 nitrogen and oxygen atoms in total. The van der Waals surface area contributed by atoms with Gasteiger partial charge in [-0.2, -0.15) is 5.10 Å². The van der Waals surface area contributed by atoms with Gasteiger partial charge in [0.15, 0.2) is 0 Å². The molecule has 0 aromatic carbocycles. The molecule has 0 spiro atoms. The van der Waals surface area contributed by atoms with Gasteiger partial charge in [0.1, 0.15) is 0 Å². The predicted molar refractivity (Wildman–Crippen MR) is 77.0 cm³/mol. The van der Waals surface area contributed by atoms with Crippen molar-refractivity contribution in [1.82, 2.24) is 20.1 Å². The van der Waals surface area contributed by atoms with Gasteiger partial charge in [0.25, 0.3) is 0 Å². The molecule has 4 heteroatoms. The van der Waals surface area contributed by atoms with Gasteiger partial charge in [-0.25, -0.2) is 0 Å². The standard InChI is InChI=1S/C15H22N4/c1-4-16-11-15-12(2)18-19(13(15)3)9-7-14-6-5-8-17-10-14/h5-6,8,10,16H,4,7,9,11H2,1-3H3. The fourth-order valence-electron chi connectivity index (χ4n) is 2.24. The summed E-state index contributed by atoms with van der Waals surface area (Å²) in [5.74, 6) is 0. The van der Waals surface area contributed by atoms with Gasteiger partial charge >= 0.3 is 0 Å². The summed E-state index contributed by atoms with van der Waals surface area (Å²) in [6.07, 6.45) is 4.70. The van der Waals surface area contributed by atoms with Crippen molar-refractivity contribution in [3.05, 3.63) is 47.0 Å². The topological polar surface area (TPSA) is 42.7 Å². The van der Waals surface area contributed by atoms with Crippen molar-refractivity contribution < 1.29 is 0 Å². The van der Waals surface area contributed by atoms with Crippen LogP contribution in [0.5, 0.6) is 0 Å². The van der Waals surface area contributed by atoms with Gasteiger partial charge in [-0.1, -0.05) is 13.0 Å². The lowest BCUT2D eigenvalue weighted by atomic mass is 10.2. The molecular weight excluding hydrogens is 236 g/mol. The Bertz CT molecular complexity index is 516. The highest BCUT2D eigenvalue weighted by Crippen LogP contribution is 2.13. The highest BCUT2D eigenvalue weighted by molar-refractivity contribution is 5.24. The summed E-state index contributed by atoms with van der Waals surface area (Å²) < 4.78 is 2.11. The Balaban J connectivity index is 2.05. The first-order chi connectivity index (χ1) is 9.22. The first-order valence-corrected chi connectivity index (χ1v) is 6.85. The van der Waals surface area contributed by atoms with Crippen LogP contribution in [0, 0.1) is 13.8 Å². The molecule has 0 amide bonds. The van der Waals surface area contributed by atoms with Crippen LogP contribution in [-0.4, -0.2) is 21.3 Å². The van der Waals surface area contributed by atoms with Crippen LogP contribution in [0.3, 0.4) is 0 Å². The zero-order chi connectivity index (χ0) is 13.7. The molecule has 19 heavy (non-hydrogen) atoms. The van der Waals surface area contributed by atoms with E-state index in [1.54, 1.807) is 6.20 Å². The average molecular weight is 258 g/mol. The molecule has 2 heterocycles. The highest BCUT2D eigenvalue weighted by atomic mass is 15.3. The second-order valence-corrected chi connectivity index (χ2v) is 4.76. The van der Waals surface area contributed by atoms with E-state index in [9.17, 15) is 0 Å². The fourth-order valence-corrected chi connectivity index (χ4v) is 2.24. The van der Waals surface area contributed by atoms with Gasteiger partial charge in [0, 0.05) is 36.7 Å². The predicted octanol–water partition coefficient (Wildman–Crippen LogP) is 2.25. The third-order valence-corrected chi connectivity index (χ3v) is 3.42. The number of pyridine rings is 1. The molecule has 0 atom stereocenters. The number of hydrogen-bond acceptors (Lipinski definition) is 3. The van der Waals surface area contributed by atoms with E-state index >= 15 is 0 Å². The summed E-state index contributed by atoms with van der Waals surface area (Å²) >= 11 is 0. The Morgan fingerprint density at radius 1 is 1.32 bits per heavy atom. The van der Waals surface area contributed by atoms with E-state index in [-0.39, 0.29) is 0 Å². The number of aryl methyl sites for hydroxylation is 3. The minimum absolute atomic E-state index is 0.904. The van der Waals surface area contributed by atoms with Crippen LogP contribution in [0.1, 0.15) is 29.4 Å². The molecule has 2 aromatic rings. The third-order valence-electron chi connectivity index (χ3n) is 3.42. The van der Waals surface area contributed by atoms with Crippen LogP contribution in [0.2, 0.25) is 0 Å². The smallest absolute Gasteiger partial charge is 0.0641 e. The number of nitrogens with one attached hydrogen (secondary N) is 1. The molecule has 0 saturated heterocycles. The zero-order valence-electron chi connectivity index (χ0n) is 12.0. The van der Waals surface area contributed by atoms with Crippen molar-refractivity contribution in [3.8, 4) is 0 Å². The van der Waals surface area contributed by atoms with Crippen molar-refractivity contribution in [2.24, 2.45) is 0 Å². The third kappa shape index (κ3) is 3.41. The van der Waals surface area contributed by atoms with E-state index in [4.69, 9.17) is 0 Å². The van der Waals surface area contributed by atoms with Crippen molar-refractivity contribution in [2.45, 2.75) is 40.3 Å². The van der Waals surface area contributed by atoms with Gasteiger partial charge < -0.3 is 5.32 Å². The molecule has 0 aliphatic rings. The molecule has 0 aliphatic heterocycles. The van der Waals surface area contributed by atoms with Crippen LogP contribution in [0.4, 0.5) is 0 Å². The Hall–Kier alpha value is -1.68. The van der Waals surface area contributed by atoms with E-state index in [1.165, 1.54) is 16.8 Å². The number of nitrogens with zero attached hydrogens (tertiary/aromatic N) is 3. The lowest BCUT2D eigenvalue weighted by Gasteiger charge is -2.06. The lowest BCUT2D eigenvalue weighted by molar-refractivity contribution is 0.592. The molecule has 0 saturated carbocycles.